The number of benzene rings is 2. The summed E-state index contributed by atoms with van der Waals surface area (Å²) in [6.45, 7) is 5.08. The number of nitrogens with zero attached hydrogens (tertiary/aromatic N) is 3. The molecule has 5 nitrogen and oxygen atoms in total. The summed E-state index contributed by atoms with van der Waals surface area (Å²) in [6.07, 6.45) is 0. The highest BCUT2D eigenvalue weighted by atomic mass is 32.2. The molecular formula is C20H21N3O2S. The summed E-state index contributed by atoms with van der Waals surface area (Å²) in [6, 6.07) is 17.6. The Balaban J connectivity index is 1.70. The number of carbonyl (C=O) groups is 1. The molecule has 26 heavy (non-hydrogen) atoms. The van der Waals surface area contributed by atoms with Gasteiger partial charge < -0.3 is 9.30 Å². The molecule has 1 aromatic heterocycles. The quantitative estimate of drug-likeness (QED) is 0.457. The molecule has 134 valence electrons. The van der Waals surface area contributed by atoms with Crippen LogP contribution in [0, 0.1) is 0 Å². The smallest absolute Gasteiger partial charge is 0.338 e. The lowest BCUT2D eigenvalue weighted by atomic mass is 10.1. The molecule has 3 rings (SSSR count). The Hall–Kier alpha value is -2.60. The summed E-state index contributed by atoms with van der Waals surface area (Å²) in [5.74, 6) is 1.36. The van der Waals surface area contributed by atoms with Crippen molar-refractivity contribution < 1.29 is 9.53 Å². The van der Waals surface area contributed by atoms with Gasteiger partial charge in [0, 0.05) is 17.9 Å². The maximum absolute atomic E-state index is 11.7. The minimum absolute atomic E-state index is 0.287. The second kappa shape index (κ2) is 8.67. The van der Waals surface area contributed by atoms with Crippen molar-refractivity contribution in [3.63, 3.8) is 0 Å². The van der Waals surface area contributed by atoms with E-state index in [-0.39, 0.29) is 5.97 Å². The zero-order chi connectivity index (χ0) is 18.4. The molecule has 0 unspecified atom stereocenters. The Morgan fingerprint density at radius 1 is 1.04 bits per heavy atom. The SMILES string of the molecule is CCOC(=O)c1ccc(CSc2nnc(-c3ccccc3)n2CC)cc1. The minimum Gasteiger partial charge on any atom is -0.462 e. The molecule has 0 aliphatic rings. The highest BCUT2D eigenvalue weighted by Crippen LogP contribution is 2.26. The van der Waals surface area contributed by atoms with Crippen molar-refractivity contribution >= 4 is 17.7 Å². The van der Waals surface area contributed by atoms with E-state index in [4.69, 9.17) is 4.74 Å². The van der Waals surface area contributed by atoms with Crippen LogP contribution >= 0.6 is 11.8 Å². The lowest BCUT2D eigenvalue weighted by Crippen LogP contribution is -2.04. The van der Waals surface area contributed by atoms with Gasteiger partial charge in [0.2, 0.25) is 0 Å². The van der Waals surface area contributed by atoms with Gasteiger partial charge in [-0.25, -0.2) is 4.79 Å². The molecule has 0 saturated carbocycles. The number of ether oxygens (including phenoxy) is 1. The molecule has 3 aromatic rings. The number of hydrogen-bond acceptors (Lipinski definition) is 5. The van der Waals surface area contributed by atoms with E-state index in [1.54, 1.807) is 30.8 Å². The van der Waals surface area contributed by atoms with Gasteiger partial charge in [-0.2, -0.15) is 0 Å². The van der Waals surface area contributed by atoms with Crippen molar-refractivity contribution in [3.8, 4) is 11.4 Å². The van der Waals surface area contributed by atoms with Gasteiger partial charge >= 0.3 is 5.97 Å². The third kappa shape index (κ3) is 4.14. The molecule has 2 aromatic carbocycles. The van der Waals surface area contributed by atoms with Crippen LogP contribution in [-0.4, -0.2) is 27.3 Å². The number of hydrogen-bond donors (Lipinski definition) is 0. The molecule has 0 N–H and O–H groups in total. The van der Waals surface area contributed by atoms with Crippen LogP contribution < -0.4 is 0 Å². The van der Waals surface area contributed by atoms with Crippen LogP contribution in [0.5, 0.6) is 0 Å². The Morgan fingerprint density at radius 3 is 2.42 bits per heavy atom. The fourth-order valence-electron chi connectivity index (χ4n) is 2.58. The highest BCUT2D eigenvalue weighted by Gasteiger charge is 2.13. The monoisotopic (exact) mass is 367 g/mol. The molecule has 0 atom stereocenters. The zero-order valence-electron chi connectivity index (χ0n) is 14.9. The molecule has 6 heteroatoms. The van der Waals surface area contributed by atoms with E-state index in [9.17, 15) is 4.79 Å². The van der Waals surface area contributed by atoms with E-state index >= 15 is 0 Å². The first-order chi connectivity index (χ1) is 12.7. The van der Waals surface area contributed by atoms with Crippen LogP contribution in [0.4, 0.5) is 0 Å². The Labute approximate surface area is 157 Å². The summed E-state index contributed by atoms with van der Waals surface area (Å²) in [5.41, 5.74) is 2.76. The molecule has 0 radical (unpaired) electrons. The third-order valence-corrected chi connectivity index (χ3v) is 4.94. The Kier molecular flexibility index (Phi) is 6.07. The highest BCUT2D eigenvalue weighted by molar-refractivity contribution is 7.98. The second-order valence-corrected chi connectivity index (χ2v) is 6.57. The Morgan fingerprint density at radius 2 is 1.77 bits per heavy atom. The fraction of sp³-hybridized carbons (Fsp3) is 0.250. The van der Waals surface area contributed by atoms with E-state index in [1.807, 2.05) is 42.5 Å². The van der Waals surface area contributed by atoms with E-state index in [2.05, 4.69) is 21.7 Å². The fourth-order valence-corrected chi connectivity index (χ4v) is 3.54. The van der Waals surface area contributed by atoms with Crippen molar-refractivity contribution in [1.29, 1.82) is 0 Å². The molecule has 0 aliphatic carbocycles. The number of rotatable bonds is 7. The van der Waals surface area contributed by atoms with Gasteiger partial charge in [-0.15, -0.1) is 10.2 Å². The lowest BCUT2D eigenvalue weighted by molar-refractivity contribution is 0.0526. The molecule has 0 bridgehead atoms. The zero-order valence-corrected chi connectivity index (χ0v) is 15.7. The third-order valence-electron chi connectivity index (χ3n) is 3.90. The number of carbonyl (C=O) groups excluding carboxylic acids is 1. The normalized spacial score (nSPS) is 10.7. The van der Waals surface area contributed by atoms with Crippen LogP contribution in [0.25, 0.3) is 11.4 Å². The average Bonchev–Trinajstić information content (AvgIpc) is 3.10. The van der Waals surface area contributed by atoms with Crippen LogP contribution in [-0.2, 0) is 17.0 Å². The van der Waals surface area contributed by atoms with Crippen LogP contribution in [0.3, 0.4) is 0 Å². The predicted molar refractivity (Wildman–Crippen MR) is 103 cm³/mol. The molecule has 0 fully saturated rings. The van der Waals surface area contributed by atoms with Gasteiger partial charge in [0.05, 0.1) is 12.2 Å². The Bertz CT molecular complexity index is 861. The van der Waals surface area contributed by atoms with Crippen LogP contribution in [0.2, 0.25) is 0 Å². The molecule has 0 amide bonds. The first kappa shape index (κ1) is 18.2. The first-order valence-electron chi connectivity index (χ1n) is 8.60. The van der Waals surface area contributed by atoms with Crippen LogP contribution in [0.15, 0.2) is 59.8 Å². The maximum atomic E-state index is 11.7. The van der Waals surface area contributed by atoms with Gasteiger partial charge in [0.25, 0.3) is 0 Å². The van der Waals surface area contributed by atoms with Gasteiger partial charge in [-0.1, -0.05) is 54.2 Å². The summed E-state index contributed by atoms with van der Waals surface area (Å²) >= 11 is 1.64. The predicted octanol–water partition coefficient (Wildman–Crippen LogP) is 4.43. The minimum atomic E-state index is -0.287. The number of aromatic nitrogens is 3. The summed E-state index contributed by atoms with van der Waals surface area (Å²) in [4.78, 5) is 11.7. The van der Waals surface area contributed by atoms with Gasteiger partial charge in [0.15, 0.2) is 11.0 Å². The van der Waals surface area contributed by atoms with E-state index < -0.39 is 0 Å². The topological polar surface area (TPSA) is 57.0 Å². The second-order valence-electron chi connectivity index (χ2n) is 5.62. The van der Waals surface area contributed by atoms with Crippen molar-refractivity contribution in [3.05, 3.63) is 65.7 Å². The van der Waals surface area contributed by atoms with E-state index in [1.165, 1.54) is 0 Å². The molecular weight excluding hydrogens is 346 g/mol. The van der Waals surface area contributed by atoms with Crippen molar-refractivity contribution in [2.45, 2.75) is 31.3 Å². The molecule has 0 saturated heterocycles. The first-order valence-corrected chi connectivity index (χ1v) is 9.59. The van der Waals surface area contributed by atoms with E-state index in [0.29, 0.717) is 12.2 Å². The van der Waals surface area contributed by atoms with Gasteiger partial charge in [0.1, 0.15) is 0 Å². The summed E-state index contributed by atoms with van der Waals surface area (Å²) in [5, 5.41) is 9.60. The maximum Gasteiger partial charge on any atom is 0.338 e. The van der Waals surface area contributed by atoms with Gasteiger partial charge in [-0.3, -0.25) is 0 Å². The van der Waals surface area contributed by atoms with Gasteiger partial charge in [-0.05, 0) is 31.5 Å². The summed E-state index contributed by atoms with van der Waals surface area (Å²) < 4.78 is 7.12. The summed E-state index contributed by atoms with van der Waals surface area (Å²) in [7, 11) is 0. The van der Waals surface area contributed by atoms with Crippen LogP contribution in [0.1, 0.15) is 29.8 Å². The van der Waals surface area contributed by atoms with Crippen molar-refractivity contribution in [2.75, 3.05) is 6.61 Å². The van der Waals surface area contributed by atoms with Crippen molar-refractivity contribution in [1.82, 2.24) is 14.8 Å². The molecule has 1 heterocycles. The lowest BCUT2D eigenvalue weighted by Gasteiger charge is -2.07. The molecule has 0 spiro atoms. The van der Waals surface area contributed by atoms with Crippen molar-refractivity contribution in [2.24, 2.45) is 0 Å². The number of esters is 1. The molecule has 0 aliphatic heterocycles. The average molecular weight is 367 g/mol. The largest absolute Gasteiger partial charge is 0.462 e. The number of thioether (sulfide) groups is 1. The standard InChI is InChI=1S/C20H21N3O2S/c1-3-23-18(16-8-6-5-7-9-16)21-22-20(23)26-14-15-10-12-17(13-11-15)19(24)25-4-2/h5-13H,3-4,14H2,1-2H3. The van der Waals surface area contributed by atoms with E-state index in [0.717, 1.165) is 34.4 Å².